The van der Waals surface area contributed by atoms with Gasteiger partial charge in [0.25, 0.3) is 0 Å². The van der Waals surface area contributed by atoms with Crippen molar-refractivity contribution in [2.24, 2.45) is 0 Å². The van der Waals surface area contributed by atoms with Gasteiger partial charge in [-0.15, -0.1) is 0 Å². The molecule has 2 N–H and O–H groups in total. The maximum Gasteiger partial charge on any atom is 0.328 e. The van der Waals surface area contributed by atoms with Crippen LogP contribution in [0.15, 0.2) is 71.6 Å². The molecule has 1 aliphatic heterocycles. The lowest BCUT2D eigenvalue weighted by Gasteiger charge is -2.20. The second-order valence-electron chi connectivity index (χ2n) is 7.93. The first-order valence-corrected chi connectivity index (χ1v) is 11.6. The van der Waals surface area contributed by atoms with Crippen molar-refractivity contribution in [3.8, 4) is 5.75 Å². The van der Waals surface area contributed by atoms with Gasteiger partial charge in [0.1, 0.15) is 11.9 Å². The van der Waals surface area contributed by atoms with Crippen molar-refractivity contribution in [1.29, 1.82) is 0 Å². The summed E-state index contributed by atoms with van der Waals surface area (Å²) in [6.45, 7) is 0. The Morgan fingerprint density at radius 2 is 1.84 bits per heavy atom. The number of carboxylic acid groups (broad SMARTS) is 1. The summed E-state index contributed by atoms with van der Waals surface area (Å²) in [4.78, 5) is 11.1. The molecule has 0 bridgehead atoms. The lowest BCUT2D eigenvalue weighted by atomic mass is 9.93. The number of fused-ring (bicyclic) bond motifs is 4. The van der Waals surface area contributed by atoms with Crippen LogP contribution in [0.2, 0.25) is 0 Å². The van der Waals surface area contributed by atoms with Crippen molar-refractivity contribution in [3.63, 3.8) is 0 Å². The second kappa shape index (κ2) is 7.51. The van der Waals surface area contributed by atoms with E-state index < -0.39 is 16.0 Å². The maximum absolute atomic E-state index is 13.1. The van der Waals surface area contributed by atoms with Crippen molar-refractivity contribution < 1.29 is 23.1 Å². The normalized spacial score (nSPS) is 22.4. The van der Waals surface area contributed by atoms with Crippen LogP contribution in [-0.2, 0) is 14.8 Å². The SMILES string of the molecule is O=C(O)/C=C/c1cccc2c1OC1CCC(NS(=O)(=O)c3ccc4ccccc4c3)C21. The van der Waals surface area contributed by atoms with Gasteiger partial charge >= 0.3 is 5.97 Å². The van der Waals surface area contributed by atoms with Crippen LogP contribution in [0.3, 0.4) is 0 Å². The molecule has 1 fully saturated rings. The Labute approximate surface area is 180 Å². The van der Waals surface area contributed by atoms with Crippen molar-refractivity contribution in [1.82, 2.24) is 4.72 Å². The minimum atomic E-state index is -3.71. The van der Waals surface area contributed by atoms with Crippen LogP contribution in [0.5, 0.6) is 5.75 Å². The van der Waals surface area contributed by atoms with Crippen molar-refractivity contribution in [2.45, 2.75) is 35.8 Å². The number of carboxylic acids is 1. The Hall–Kier alpha value is -3.16. The summed E-state index contributed by atoms with van der Waals surface area (Å²) >= 11 is 0. The third kappa shape index (κ3) is 3.60. The topological polar surface area (TPSA) is 92.7 Å². The van der Waals surface area contributed by atoms with E-state index in [-0.39, 0.29) is 23.0 Å². The smallest absolute Gasteiger partial charge is 0.328 e. The van der Waals surface area contributed by atoms with E-state index in [4.69, 9.17) is 9.84 Å². The van der Waals surface area contributed by atoms with Gasteiger partial charge in [-0.2, -0.15) is 0 Å². The van der Waals surface area contributed by atoms with Crippen molar-refractivity contribution in [3.05, 3.63) is 77.9 Å². The number of rotatable bonds is 5. The monoisotopic (exact) mass is 435 g/mol. The minimum absolute atomic E-state index is 0.108. The van der Waals surface area contributed by atoms with Gasteiger partial charge in [0.05, 0.1) is 4.90 Å². The molecule has 1 saturated carbocycles. The quantitative estimate of drug-likeness (QED) is 0.593. The van der Waals surface area contributed by atoms with E-state index in [1.807, 2.05) is 42.5 Å². The second-order valence-corrected chi connectivity index (χ2v) is 9.65. The highest BCUT2D eigenvalue weighted by molar-refractivity contribution is 7.89. The van der Waals surface area contributed by atoms with Gasteiger partial charge in [-0.3, -0.25) is 0 Å². The first-order chi connectivity index (χ1) is 14.9. The summed E-state index contributed by atoms with van der Waals surface area (Å²) in [5.41, 5.74) is 1.60. The van der Waals surface area contributed by atoms with E-state index in [0.29, 0.717) is 17.7 Å². The van der Waals surface area contributed by atoms with Crippen LogP contribution < -0.4 is 9.46 Å². The molecule has 1 heterocycles. The first-order valence-electron chi connectivity index (χ1n) is 10.1. The number of para-hydroxylation sites is 1. The number of hydrogen-bond acceptors (Lipinski definition) is 4. The average Bonchev–Trinajstić information content (AvgIpc) is 3.32. The van der Waals surface area contributed by atoms with Crippen LogP contribution in [0, 0.1) is 0 Å². The summed E-state index contributed by atoms with van der Waals surface area (Å²) < 4.78 is 35.3. The zero-order chi connectivity index (χ0) is 21.6. The number of hydrogen-bond donors (Lipinski definition) is 2. The molecule has 0 amide bonds. The summed E-state index contributed by atoms with van der Waals surface area (Å²) in [5, 5.41) is 10.8. The van der Waals surface area contributed by atoms with Crippen LogP contribution in [0.1, 0.15) is 29.9 Å². The molecule has 2 aliphatic rings. The largest absolute Gasteiger partial charge is 0.489 e. The van der Waals surface area contributed by atoms with Gasteiger partial charge in [0, 0.05) is 29.2 Å². The van der Waals surface area contributed by atoms with E-state index in [1.54, 1.807) is 18.2 Å². The van der Waals surface area contributed by atoms with Crippen LogP contribution >= 0.6 is 0 Å². The molecular formula is C24H21NO5S. The van der Waals surface area contributed by atoms with Gasteiger partial charge in [-0.05, 0) is 41.8 Å². The zero-order valence-corrected chi connectivity index (χ0v) is 17.4. The Balaban J connectivity index is 1.44. The van der Waals surface area contributed by atoms with E-state index in [2.05, 4.69) is 4.72 Å². The molecule has 3 aromatic carbocycles. The number of ether oxygens (including phenoxy) is 1. The fourth-order valence-electron chi connectivity index (χ4n) is 4.66. The Bertz CT molecular complexity index is 1310. The Kier molecular flexibility index (Phi) is 4.79. The summed E-state index contributed by atoms with van der Waals surface area (Å²) in [5.74, 6) is -0.496. The van der Waals surface area contributed by atoms with Gasteiger partial charge < -0.3 is 9.84 Å². The molecule has 7 heteroatoms. The minimum Gasteiger partial charge on any atom is -0.489 e. The molecule has 5 rings (SSSR count). The van der Waals surface area contributed by atoms with Crippen LogP contribution in [-0.4, -0.2) is 31.6 Å². The van der Waals surface area contributed by atoms with Crippen molar-refractivity contribution in [2.75, 3.05) is 0 Å². The number of nitrogens with one attached hydrogen (secondary N) is 1. The third-order valence-electron chi connectivity index (χ3n) is 6.04. The highest BCUT2D eigenvalue weighted by atomic mass is 32.2. The average molecular weight is 436 g/mol. The lowest BCUT2D eigenvalue weighted by molar-refractivity contribution is -0.131. The molecule has 3 unspecified atom stereocenters. The van der Waals surface area contributed by atoms with Gasteiger partial charge in [-0.25, -0.2) is 17.9 Å². The molecule has 158 valence electrons. The maximum atomic E-state index is 13.1. The number of benzene rings is 3. The summed E-state index contributed by atoms with van der Waals surface area (Å²) in [6, 6.07) is 18.1. The number of carbonyl (C=O) groups is 1. The molecule has 1 aliphatic carbocycles. The van der Waals surface area contributed by atoms with E-state index in [9.17, 15) is 13.2 Å². The highest BCUT2D eigenvalue weighted by Gasteiger charge is 2.46. The summed E-state index contributed by atoms with van der Waals surface area (Å²) in [6.07, 6.45) is 3.87. The molecule has 6 nitrogen and oxygen atoms in total. The first kappa shape index (κ1) is 19.8. The van der Waals surface area contributed by atoms with Crippen LogP contribution in [0.25, 0.3) is 16.8 Å². The predicted molar refractivity (Wildman–Crippen MR) is 118 cm³/mol. The predicted octanol–water partition coefficient (Wildman–Crippen LogP) is 3.92. The zero-order valence-electron chi connectivity index (χ0n) is 16.6. The molecule has 0 aromatic heterocycles. The number of aliphatic carboxylic acids is 1. The van der Waals surface area contributed by atoms with E-state index >= 15 is 0 Å². The highest BCUT2D eigenvalue weighted by Crippen LogP contribution is 2.49. The molecule has 3 aromatic rings. The standard InChI is InChI=1S/C24H21NO5S/c26-22(27)13-9-16-6-3-7-19-23-20(11-12-21(23)30-24(16)19)25-31(28,29)18-10-8-15-4-1-2-5-17(15)14-18/h1-10,13-14,20-21,23,25H,11-12H2,(H,26,27)/b13-9+. The third-order valence-corrected chi connectivity index (χ3v) is 7.53. The fourth-order valence-corrected chi connectivity index (χ4v) is 5.99. The van der Waals surface area contributed by atoms with Gasteiger partial charge in [0.2, 0.25) is 10.0 Å². The van der Waals surface area contributed by atoms with E-state index in [0.717, 1.165) is 28.8 Å². The molecule has 0 radical (unpaired) electrons. The van der Waals surface area contributed by atoms with Gasteiger partial charge in [-0.1, -0.05) is 48.5 Å². The number of sulfonamides is 1. The molecule has 31 heavy (non-hydrogen) atoms. The molecule has 3 atom stereocenters. The Morgan fingerprint density at radius 1 is 1.03 bits per heavy atom. The summed E-state index contributed by atoms with van der Waals surface area (Å²) in [7, 11) is -3.71. The van der Waals surface area contributed by atoms with Crippen LogP contribution in [0.4, 0.5) is 0 Å². The van der Waals surface area contributed by atoms with E-state index in [1.165, 1.54) is 6.08 Å². The Morgan fingerprint density at radius 3 is 2.65 bits per heavy atom. The molecule has 0 saturated heterocycles. The van der Waals surface area contributed by atoms with Gasteiger partial charge in [0.15, 0.2) is 0 Å². The fraction of sp³-hybridized carbons (Fsp3) is 0.208. The lowest BCUT2D eigenvalue weighted by Crippen LogP contribution is -2.37. The van der Waals surface area contributed by atoms with Crippen molar-refractivity contribution >= 4 is 32.8 Å². The molecule has 0 spiro atoms. The molecular weight excluding hydrogens is 414 g/mol.